The van der Waals surface area contributed by atoms with Crippen LogP contribution in [0.3, 0.4) is 0 Å². The third kappa shape index (κ3) is 5.59. The molecule has 0 fully saturated rings. The van der Waals surface area contributed by atoms with E-state index in [1.807, 2.05) is 0 Å². The lowest BCUT2D eigenvalue weighted by Gasteiger charge is -2.27. The van der Waals surface area contributed by atoms with E-state index in [1.165, 1.54) is 12.8 Å². The molecular formula is C11H24O. The van der Waals surface area contributed by atoms with E-state index >= 15 is 0 Å². The van der Waals surface area contributed by atoms with E-state index in [4.69, 9.17) is 5.11 Å². The Hall–Kier alpha value is -0.0400. The molecule has 0 aromatic carbocycles. The quantitative estimate of drug-likeness (QED) is 0.652. The largest absolute Gasteiger partial charge is 0.396 e. The number of hydrogen-bond donors (Lipinski definition) is 1. The van der Waals surface area contributed by atoms with E-state index in [0.717, 1.165) is 18.8 Å². The molecule has 0 aliphatic carbocycles. The Morgan fingerprint density at radius 2 is 1.92 bits per heavy atom. The maximum absolute atomic E-state index is 8.72. The third-order valence-electron chi connectivity index (χ3n) is 2.61. The normalized spacial score (nSPS) is 14.8. The van der Waals surface area contributed by atoms with Crippen LogP contribution in [-0.2, 0) is 0 Å². The van der Waals surface area contributed by atoms with Gasteiger partial charge in [-0.25, -0.2) is 0 Å². The van der Waals surface area contributed by atoms with Crippen LogP contribution in [0.5, 0.6) is 0 Å². The first kappa shape index (κ1) is 12.0. The van der Waals surface area contributed by atoms with Crippen molar-refractivity contribution < 1.29 is 5.11 Å². The van der Waals surface area contributed by atoms with Gasteiger partial charge < -0.3 is 5.11 Å². The summed E-state index contributed by atoms with van der Waals surface area (Å²) in [6.45, 7) is 9.49. The lowest BCUT2D eigenvalue weighted by atomic mass is 9.79. The van der Waals surface area contributed by atoms with Gasteiger partial charge in [0.1, 0.15) is 0 Å². The van der Waals surface area contributed by atoms with Crippen LogP contribution in [0.25, 0.3) is 0 Å². The van der Waals surface area contributed by atoms with Crippen molar-refractivity contribution in [3.05, 3.63) is 0 Å². The van der Waals surface area contributed by atoms with Crippen molar-refractivity contribution in [2.24, 2.45) is 11.3 Å². The molecule has 1 heteroatoms. The van der Waals surface area contributed by atoms with Gasteiger partial charge in [-0.2, -0.15) is 0 Å². The van der Waals surface area contributed by atoms with Gasteiger partial charge in [-0.05, 0) is 30.6 Å². The molecule has 1 nitrogen and oxygen atoms in total. The van der Waals surface area contributed by atoms with Crippen LogP contribution in [0.2, 0.25) is 0 Å². The summed E-state index contributed by atoms with van der Waals surface area (Å²) in [4.78, 5) is 0. The molecule has 0 aliphatic heterocycles. The van der Waals surface area contributed by atoms with Gasteiger partial charge in [-0.15, -0.1) is 0 Å². The highest BCUT2D eigenvalue weighted by molar-refractivity contribution is 4.71. The Morgan fingerprint density at radius 1 is 1.33 bits per heavy atom. The summed E-state index contributed by atoms with van der Waals surface area (Å²) in [5.74, 6) is 0.818. The SMILES string of the molecule is CCC(C)CC(C)(C)CCCO. The monoisotopic (exact) mass is 172 g/mol. The lowest BCUT2D eigenvalue weighted by molar-refractivity contribution is 0.210. The van der Waals surface area contributed by atoms with Crippen LogP contribution in [0.15, 0.2) is 0 Å². The van der Waals surface area contributed by atoms with Gasteiger partial charge in [0.25, 0.3) is 0 Å². The van der Waals surface area contributed by atoms with E-state index in [2.05, 4.69) is 27.7 Å². The van der Waals surface area contributed by atoms with Crippen LogP contribution in [0, 0.1) is 11.3 Å². The highest BCUT2D eigenvalue weighted by Crippen LogP contribution is 2.31. The fraction of sp³-hybridized carbons (Fsp3) is 1.00. The molecule has 12 heavy (non-hydrogen) atoms. The molecule has 0 aliphatic rings. The summed E-state index contributed by atoms with van der Waals surface area (Å²) in [5, 5.41) is 8.72. The second kappa shape index (κ2) is 5.58. The van der Waals surface area contributed by atoms with E-state index < -0.39 is 0 Å². The van der Waals surface area contributed by atoms with E-state index in [9.17, 15) is 0 Å². The van der Waals surface area contributed by atoms with Crippen molar-refractivity contribution in [2.75, 3.05) is 6.61 Å². The minimum atomic E-state index is 0.337. The third-order valence-corrected chi connectivity index (χ3v) is 2.61. The molecule has 0 saturated heterocycles. The minimum Gasteiger partial charge on any atom is -0.396 e. The standard InChI is InChI=1S/C11H24O/c1-5-10(2)9-11(3,4)7-6-8-12/h10,12H,5-9H2,1-4H3. The average molecular weight is 172 g/mol. The molecule has 0 heterocycles. The van der Waals surface area contributed by atoms with Crippen LogP contribution in [0.4, 0.5) is 0 Å². The Kier molecular flexibility index (Phi) is 5.56. The second-order valence-electron chi connectivity index (χ2n) is 4.71. The molecule has 0 aromatic heterocycles. The van der Waals surface area contributed by atoms with Gasteiger partial charge in [0, 0.05) is 6.61 Å². The molecule has 0 spiro atoms. The number of aliphatic hydroxyl groups excluding tert-OH is 1. The molecule has 0 saturated carbocycles. The van der Waals surface area contributed by atoms with Crippen molar-refractivity contribution in [3.63, 3.8) is 0 Å². The summed E-state index contributed by atoms with van der Waals surface area (Å²) < 4.78 is 0. The van der Waals surface area contributed by atoms with Crippen molar-refractivity contribution in [3.8, 4) is 0 Å². The van der Waals surface area contributed by atoms with Gasteiger partial charge in [0.2, 0.25) is 0 Å². The molecule has 0 bridgehead atoms. The zero-order chi connectivity index (χ0) is 9.61. The molecule has 0 radical (unpaired) electrons. The van der Waals surface area contributed by atoms with Gasteiger partial charge in [0.05, 0.1) is 0 Å². The Labute approximate surface area is 77.2 Å². The smallest absolute Gasteiger partial charge is 0.0431 e. The topological polar surface area (TPSA) is 20.2 Å². The first-order chi connectivity index (χ1) is 5.52. The highest BCUT2D eigenvalue weighted by Gasteiger charge is 2.19. The summed E-state index contributed by atoms with van der Waals surface area (Å²) in [6.07, 6.45) is 4.64. The van der Waals surface area contributed by atoms with Crippen molar-refractivity contribution in [1.82, 2.24) is 0 Å². The molecule has 1 unspecified atom stereocenters. The molecule has 0 aromatic rings. The van der Waals surface area contributed by atoms with Gasteiger partial charge in [0.15, 0.2) is 0 Å². The summed E-state index contributed by atoms with van der Waals surface area (Å²) in [6, 6.07) is 0. The summed E-state index contributed by atoms with van der Waals surface area (Å²) >= 11 is 0. The lowest BCUT2D eigenvalue weighted by Crippen LogP contribution is -2.15. The number of aliphatic hydroxyl groups is 1. The number of rotatable bonds is 6. The van der Waals surface area contributed by atoms with Crippen molar-refractivity contribution in [2.45, 2.75) is 53.4 Å². The summed E-state index contributed by atoms with van der Waals surface area (Å²) in [7, 11) is 0. The average Bonchev–Trinajstić information content (AvgIpc) is 2.00. The summed E-state index contributed by atoms with van der Waals surface area (Å²) in [5.41, 5.74) is 0.415. The molecule has 0 amide bonds. The van der Waals surface area contributed by atoms with E-state index in [1.54, 1.807) is 0 Å². The predicted molar refractivity (Wildman–Crippen MR) is 54.2 cm³/mol. The molecular weight excluding hydrogens is 148 g/mol. The first-order valence-electron chi connectivity index (χ1n) is 5.12. The Bertz CT molecular complexity index is 108. The molecule has 0 rings (SSSR count). The maximum atomic E-state index is 8.72. The van der Waals surface area contributed by atoms with Gasteiger partial charge in [-0.1, -0.05) is 34.1 Å². The van der Waals surface area contributed by atoms with Crippen LogP contribution in [-0.4, -0.2) is 11.7 Å². The van der Waals surface area contributed by atoms with E-state index in [-0.39, 0.29) is 0 Å². The fourth-order valence-electron chi connectivity index (χ4n) is 1.75. The predicted octanol–water partition coefficient (Wildman–Crippen LogP) is 3.22. The van der Waals surface area contributed by atoms with Gasteiger partial charge >= 0.3 is 0 Å². The molecule has 1 atom stereocenters. The van der Waals surface area contributed by atoms with Crippen LogP contribution in [0.1, 0.15) is 53.4 Å². The molecule has 1 N–H and O–H groups in total. The second-order valence-corrected chi connectivity index (χ2v) is 4.71. The van der Waals surface area contributed by atoms with Crippen molar-refractivity contribution in [1.29, 1.82) is 0 Å². The Morgan fingerprint density at radius 3 is 2.33 bits per heavy atom. The number of hydrogen-bond acceptors (Lipinski definition) is 1. The van der Waals surface area contributed by atoms with E-state index in [0.29, 0.717) is 12.0 Å². The minimum absolute atomic E-state index is 0.337. The highest BCUT2D eigenvalue weighted by atomic mass is 16.2. The zero-order valence-corrected chi connectivity index (χ0v) is 9.06. The van der Waals surface area contributed by atoms with Crippen LogP contribution >= 0.6 is 0 Å². The Balaban J connectivity index is 3.69. The first-order valence-corrected chi connectivity index (χ1v) is 5.12. The van der Waals surface area contributed by atoms with Crippen LogP contribution < -0.4 is 0 Å². The maximum Gasteiger partial charge on any atom is 0.0431 e. The fourth-order valence-corrected chi connectivity index (χ4v) is 1.75. The zero-order valence-electron chi connectivity index (χ0n) is 9.06. The molecule has 74 valence electrons. The van der Waals surface area contributed by atoms with Crippen molar-refractivity contribution >= 4 is 0 Å². The van der Waals surface area contributed by atoms with Gasteiger partial charge in [-0.3, -0.25) is 0 Å².